The molecule has 2 nitrogen and oxygen atoms in total. The van der Waals surface area contributed by atoms with Gasteiger partial charge in [0.2, 0.25) is 0 Å². The fourth-order valence-corrected chi connectivity index (χ4v) is 2.04. The van der Waals surface area contributed by atoms with Crippen LogP contribution in [0.4, 0.5) is 13.2 Å². The second-order valence-corrected chi connectivity index (χ2v) is 5.36. The molecule has 0 spiro atoms. The molecule has 1 heterocycles. The summed E-state index contributed by atoms with van der Waals surface area (Å²) in [6, 6.07) is -0.554. The van der Waals surface area contributed by atoms with E-state index in [4.69, 9.17) is 0 Å². The number of halogens is 3. The summed E-state index contributed by atoms with van der Waals surface area (Å²) in [6.07, 6.45) is -3.00. The first kappa shape index (κ1) is 13.5. The Morgan fingerprint density at radius 3 is 2.31 bits per heavy atom. The number of nitrogens with zero attached hydrogens (tertiary/aromatic N) is 1. The topological polar surface area (TPSA) is 20.3 Å². The zero-order chi connectivity index (χ0) is 12.6. The van der Waals surface area contributed by atoms with Gasteiger partial charge in [-0.15, -0.1) is 0 Å². The molecule has 0 aromatic rings. The van der Waals surface area contributed by atoms with Crippen LogP contribution in [0.15, 0.2) is 0 Å². The fraction of sp³-hybridized carbons (Fsp3) is 0.909. The molecule has 0 N–H and O–H groups in total. The highest BCUT2D eigenvalue weighted by Gasteiger charge is 2.41. The van der Waals surface area contributed by atoms with Gasteiger partial charge in [-0.1, -0.05) is 20.8 Å². The van der Waals surface area contributed by atoms with Gasteiger partial charge < -0.3 is 0 Å². The van der Waals surface area contributed by atoms with Crippen LogP contribution in [0.1, 0.15) is 33.6 Å². The zero-order valence-corrected chi connectivity index (χ0v) is 9.90. The molecule has 0 aliphatic carbocycles. The van der Waals surface area contributed by atoms with Crippen molar-refractivity contribution in [2.75, 3.05) is 13.1 Å². The average Bonchev–Trinajstić information content (AvgIpc) is 2.46. The molecular formula is C11H18F3NO. The third kappa shape index (κ3) is 3.47. The Morgan fingerprint density at radius 2 is 1.88 bits per heavy atom. The number of Topliss-reactive ketones (excluding diaryl/α,β-unsaturated/α-hetero) is 1. The van der Waals surface area contributed by atoms with Crippen molar-refractivity contribution in [2.45, 2.75) is 45.8 Å². The van der Waals surface area contributed by atoms with Crippen LogP contribution in [-0.4, -0.2) is 36.0 Å². The lowest BCUT2D eigenvalue weighted by Crippen LogP contribution is -2.45. The van der Waals surface area contributed by atoms with Gasteiger partial charge in [-0.3, -0.25) is 9.69 Å². The van der Waals surface area contributed by atoms with Crippen LogP contribution in [0.5, 0.6) is 0 Å². The number of hydrogen-bond donors (Lipinski definition) is 0. The van der Waals surface area contributed by atoms with Crippen molar-refractivity contribution in [1.82, 2.24) is 4.90 Å². The summed E-state index contributed by atoms with van der Waals surface area (Å²) in [4.78, 5) is 13.2. The normalized spacial score (nSPS) is 23.8. The van der Waals surface area contributed by atoms with Crippen molar-refractivity contribution in [3.63, 3.8) is 0 Å². The van der Waals surface area contributed by atoms with Crippen molar-refractivity contribution >= 4 is 5.78 Å². The number of alkyl halides is 3. The van der Waals surface area contributed by atoms with E-state index >= 15 is 0 Å². The predicted molar refractivity (Wildman–Crippen MR) is 55.1 cm³/mol. The van der Waals surface area contributed by atoms with Crippen LogP contribution in [-0.2, 0) is 4.79 Å². The number of carbonyl (C=O) groups excluding carboxylic acids is 1. The molecule has 0 unspecified atom stereocenters. The maximum atomic E-state index is 12.3. The first-order valence-electron chi connectivity index (χ1n) is 5.46. The predicted octanol–water partition coefficient (Wildman–Crippen LogP) is 2.63. The lowest BCUT2D eigenvalue weighted by atomic mass is 9.85. The zero-order valence-electron chi connectivity index (χ0n) is 9.90. The summed E-state index contributed by atoms with van der Waals surface area (Å²) < 4.78 is 36.9. The number of carbonyl (C=O) groups is 1. The van der Waals surface area contributed by atoms with Crippen LogP contribution in [0.25, 0.3) is 0 Å². The van der Waals surface area contributed by atoms with Gasteiger partial charge in [0.1, 0.15) is 0 Å². The Balaban J connectivity index is 2.70. The molecule has 1 aliphatic heterocycles. The van der Waals surface area contributed by atoms with Gasteiger partial charge in [0, 0.05) is 5.41 Å². The van der Waals surface area contributed by atoms with Crippen molar-refractivity contribution in [3.8, 4) is 0 Å². The molecule has 0 radical (unpaired) electrons. The van der Waals surface area contributed by atoms with Crippen LogP contribution in [0.3, 0.4) is 0 Å². The first-order valence-corrected chi connectivity index (χ1v) is 5.46. The SMILES string of the molecule is CC(C)(C)C(=O)[C@@H]1CCCN1CC(F)(F)F. The molecule has 94 valence electrons. The van der Waals surface area contributed by atoms with E-state index in [2.05, 4.69) is 0 Å². The van der Waals surface area contributed by atoms with Gasteiger partial charge in [0.05, 0.1) is 12.6 Å². The van der Waals surface area contributed by atoms with Crippen LogP contribution < -0.4 is 0 Å². The summed E-state index contributed by atoms with van der Waals surface area (Å²) in [6.45, 7) is 4.64. The Hall–Kier alpha value is -0.580. The molecule has 16 heavy (non-hydrogen) atoms. The van der Waals surface area contributed by atoms with E-state index in [1.807, 2.05) is 0 Å². The highest BCUT2D eigenvalue weighted by atomic mass is 19.4. The largest absolute Gasteiger partial charge is 0.401 e. The summed E-state index contributed by atoms with van der Waals surface area (Å²) in [5.74, 6) is -0.0887. The van der Waals surface area contributed by atoms with E-state index in [0.29, 0.717) is 19.4 Å². The minimum absolute atomic E-state index is 0.0887. The van der Waals surface area contributed by atoms with Crippen molar-refractivity contribution in [2.24, 2.45) is 5.41 Å². The van der Waals surface area contributed by atoms with Crippen LogP contribution in [0, 0.1) is 5.41 Å². The maximum absolute atomic E-state index is 12.3. The van der Waals surface area contributed by atoms with Gasteiger partial charge >= 0.3 is 6.18 Å². The standard InChI is InChI=1S/C11H18F3NO/c1-10(2,3)9(16)8-5-4-6-15(8)7-11(12,13)14/h8H,4-7H2,1-3H3/t8-/m0/s1. The molecule has 1 rings (SSSR count). The number of hydrogen-bond acceptors (Lipinski definition) is 2. The van der Waals surface area contributed by atoms with Crippen LogP contribution in [0.2, 0.25) is 0 Å². The molecule has 1 atom stereocenters. The Morgan fingerprint density at radius 1 is 1.31 bits per heavy atom. The maximum Gasteiger partial charge on any atom is 0.401 e. The molecule has 0 aromatic heterocycles. The molecule has 1 aliphatic rings. The Bertz CT molecular complexity index is 267. The minimum atomic E-state index is -4.22. The molecule has 1 fully saturated rings. The van der Waals surface area contributed by atoms with E-state index < -0.39 is 24.2 Å². The summed E-state index contributed by atoms with van der Waals surface area (Å²) in [7, 11) is 0. The first-order chi connectivity index (χ1) is 7.11. The Kier molecular flexibility index (Phi) is 3.67. The molecule has 5 heteroatoms. The van der Waals surface area contributed by atoms with Crippen molar-refractivity contribution in [1.29, 1.82) is 0 Å². The average molecular weight is 237 g/mol. The van der Waals surface area contributed by atoms with E-state index in [-0.39, 0.29) is 5.78 Å². The molecule has 1 saturated heterocycles. The molecule has 0 bridgehead atoms. The van der Waals surface area contributed by atoms with E-state index in [9.17, 15) is 18.0 Å². The molecule has 0 aromatic carbocycles. The minimum Gasteiger partial charge on any atom is -0.297 e. The van der Waals surface area contributed by atoms with E-state index in [1.54, 1.807) is 20.8 Å². The smallest absolute Gasteiger partial charge is 0.297 e. The van der Waals surface area contributed by atoms with E-state index in [0.717, 1.165) is 0 Å². The van der Waals surface area contributed by atoms with E-state index in [1.165, 1.54) is 4.90 Å². The molecule has 0 saturated carbocycles. The summed E-state index contributed by atoms with van der Waals surface area (Å²) in [5, 5.41) is 0. The Labute approximate surface area is 93.8 Å². The summed E-state index contributed by atoms with van der Waals surface area (Å²) in [5.41, 5.74) is -0.571. The van der Waals surface area contributed by atoms with Crippen LogP contribution >= 0.6 is 0 Å². The number of likely N-dealkylation sites (tertiary alicyclic amines) is 1. The van der Waals surface area contributed by atoms with Gasteiger partial charge in [-0.25, -0.2) is 0 Å². The second-order valence-electron chi connectivity index (χ2n) is 5.36. The monoisotopic (exact) mass is 237 g/mol. The lowest BCUT2D eigenvalue weighted by Gasteiger charge is -2.29. The highest BCUT2D eigenvalue weighted by Crippen LogP contribution is 2.29. The van der Waals surface area contributed by atoms with Crippen molar-refractivity contribution < 1.29 is 18.0 Å². The van der Waals surface area contributed by atoms with Gasteiger partial charge in [-0.05, 0) is 19.4 Å². The van der Waals surface area contributed by atoms with Gasteiger partial charge in [0.15, 0.2) is 5.78 Å². The highest BCUT2D eigenvalue weighted by molar-refractivity contribution is 5.88. The van der Waals surface area contributed by atoms with Gasteiger partial charge in [0.25, 0.3) is 0 Å². The second kappa shape index (κ2) is 4.35. The molecular weight excluding hydrogens is 219 g/mol. The fourth-order valence-electron chi connectivity index (χ4n) is 2.04. The lowest BCUT2D eigenvalue weighted by molar-refractivity contribution is -0.153. The number of rotatable bonds is 2. The van der Waals surface area contributed by atoms with Gasteiger partial charge in [-0.2, -0.15) is 13.2 Å². The third-order valence-corrected chi connectivity index (χ3v) is 2.79. The molecule has 0 amide bonds. The third-order valence-electron chi connectivity index (χ3n) is 2.79. The quantitative estimate of drug-likeness (QED) is 0.735. The van der Waals surface area contributed by atoms with Crippen molar-refractivity contribution in [3.05, 3.63) is 0 Å². The number of ketones is 1. The summed E-state index contributed by atoms with van der Waals surface area (Å²) >= 11 is 0.